The Morgan fingerprint density at radius 3 is 2.81 bits per heavy atom. The zero-order valence-corrected chi connectivity index (χ0v) is 9.44. The molecule has 0 amide bonds. The molecule has 1 aromatic rings. The van der Waals surface area contributed by atoms with Crippen molar-refractivity contribution in [1.29, 1.82) is 0 Å². The average molecular weight is 220 g/mol. The lowest BCUT2D eigenvalue weighted by atomic mass is 9.82. The number of hydrogen-bond donors (Lipinski definition) is 1. The van der Waals surface area contributed by atoms with Crippen LogP contribution in [0.3, 0.4) is 0 Å². The number of aliphatic carboxylic acids is 1. The van der Waals surface area contributed by atoms with E-state index in [4.69, 9.17) is 5.11 Å². The van der Waals surface area contributed by atoms with E-state index in [9.17, 15) is 4.79 Å². The third-order valence-corrected chi connectivity index (χ3v) is 3.01. The van der Waals surface area contributed by atoms with Gasteiger partial charge in [-0.2, -0.15) is 0 Å². The molecule has 16 heavy (non-hydrogen) atoms. The highest BCUT2D eigenvalue weighted by Gasteiger charge is 2.21. The van der Waals surface area contributed by atoms with E-state index < -0.39 is 5.97 Å². The molecule has 0 bridgehead atoms. The van der Waals surface area contributed by atoms with Gasteiger partial charge in [-0.25, -0.2) is 9.97 Å². The highest BCUT2D eigenvalue weighted by molar-refractivity contribution is 5.66. The minimum atomic E-state index is -0.796. The Balaban J connectivity index is 2.11. The smallest absolute Gasteiger partial charge is 0.303 e. The fourth-order valence-corrected chi connectivity index (χ4v) is 1.90. The minimum absolute atomic E-state index is 0.105. The van der Waals surface area contributed by atoms with E-state index in [-0.39, 0.29) is 6.42 Å². The van der Waals surface area contributed by atoms with Crippen LogP contribution >= 0.6 is 0 Å². The van der Waals surface area contributed by atoms with E-state index in [1.807, 2.05) is 13.0 Å². The maximum Gasteiger partial charge on any atom is 0.303 e. The van der Waals surface area contributed by atoms with Crippen LogP contribution in [0.2, 0.25) is 0 Å². The van der Waals surface area contributed by atoms with Crippen LogP contribution in [0.1, 0.15) is 48.8 Å². The van der Waals surface area contributed by atoms with Gasteiger partial charge >= 0.3 is 5.97 Å². The first kappa shape index (κ1) is 11.0. The lowest BCUT2D eigenvalue weighted by Crippen LogP contribution is -2.13. The summed E-state index contributed by atoms with van der Waals surface area (Å²) in [7, 11) is 0. The van der Waals surface area contributed by atoms with Crippen molar-refractivity contribution in [3.8, 4) is 0 Å². The van der Waals surface area contributed by atoms with Gasteiger partial charge in [0.05, 0.1) is 6.42 Å². The Kier molecular flexibility index (Phi) is 3.17. The summed E-state index contributed by atoms with van der Waals surface area (Å²) >= 11 is 0. The second kappa shape index (κ2) is 4.60. The van der Waals surface area contributed by atoms with Crippen LogP contribution in [0.15, 0.2) is 6.07 Å². The first-order valence-corrected chi connectivity index (χ1v) is 5.71. The molecule has 0 aliphatic heterocycles. The number of carboxylic acids is 1. The lowest BCUT2D eigenvalue weighted by molar-refractivity contribution is -0.137. The molecule has 2 rings (SSSR count). The van der Waals surface area contributed by atoms with Gasteiger partial charge in [0, 0.05) is 23.7 Å². The van der Waals surface area contributed by atoms with Crippen molar-refractivity contribution in [3.05, 3.63) is 23.3 Å². The molecule has 1 N–H and O–H groups in total. The number of hydrogen-bond acceptors (Lipinski definition) is 3. The summed E-state index contributed by atoms with van der Waals surface area (Å²) < 4.78 is 0. The molecule has 0 atom stereocenters. The van der Waals surface area contributed by atoms with Crippen LogP contribution in [-0.4, -0.2) is 21.0 Å². The molecular weight excluding hydrogens is 204 g/mol. The number of rotatable bonds is 4. The predicted molar refractivity (Wildman–Crippen MR) is 59.3 cm³/mol. The highest BCUT2D eigenvalue weighted by Crippen LogP contribution is 2.35. The molecule has 1 heterocycles. The highest BCUT2D eigenvalue weighted by atomic mass is 16.4. The Labute approximate surface area is 94.7 Å². The van der Waals surface area contributed by atoms with E-state index in [0.717, 1.165) is 11.4 Å². The zero-order chi connectivity index (χ0) is 11.5. The molecule has 0 aromatic carbocycles. The lowest BCUT2D eigenvalue weighted by Gasteiger charge is -2.25. The molecule has 1 fully saturated rings. The first-order valence-electron chi connectivity index (χ1n) is 5.71. The second-order valence-electron chi connectivity index (χ2n) is 4.37. The molecule has 0 saturated heterocycles. The van der Waals surface area contributed by atoms with Gasteiger partial charge in [-0.15, -0.1) is 0 Å². The SMILES string of the molecule is Cc1cc(C2CCC2)nc(CCC(=O)O)n1. The second-order valence-corrected chi connectivity index (χ2v) is 4.37. The predicted octanol–water partition coefficient (Wildman–Crippen LogP) is 2.07. The summed E-state index contributed by atoms with van der Waals surface area (Å²) in [5.41, 5.74) is 2.04. The number of aromatic nitrogens is 2. The van der Waals surface area contributed by atoms with Crippen molar-refractivity contribution in [2.75, 3.05) is 0 Å². The zero-order valence-electron chi connectivity index (χ0n) is 9.44. The number of nitrogens with zero attached hydrogens (tertiary/aromatic N) is 2. The number of aryl methyl sites for hydroxylation is 2. The third-order valence-electron chi connectivity index (χ3n) is 3.01. The van der Waals surface area contributed by atoms with Crippen molar-refractivity contribution in [3.63, 3.8) is 0 Å². The van der Waals surface area contributed by atoms with E-state index in [1.165, 1.54) is 19.3 Å². The van der Waals surface area contributed by atoms with Gasteiger partial charge in [0.25, 0.3) is 0 Å². The van der Waals surface area contributed by atoms with Gasteiger partial charge in [-0.1, -0.05) is 6.42 Å². The standard InChI is InChI=1S/C12H16N2O2/c1-8-7-10(9-3-2-4-9)14-11(13-8)5-6-12(15)16/h7,9H,2-6H2,1H3,(H,15,16). The first-order chi connectivity index (χ1) is 7.65. The van der Waals surface area contributed by atoms with Crippen LogP contribution < -0.4 is 0 Å². The van der Waals surface area contributed by atoms with Gasteiger partial charge in [-0.3, -0.25) is 4.79 Å². The Hall–Kier alpha value is -1.45. The van der Waals surface area contributed by atoms with Crippen LogP contribution in [0.4, 0.5) is 0 Å². The molecule has 1 aliphatic rings. The monoisotopic (exact) mass is 220 g/mol. The van der Waals surface area contributed by atoms with Crippen molar-refractivity contribution in [1.82, 2.24) is 9.97 Å². The van der Waals surface area contributed by atoms with Crippen molar-refractivity contribution < 1.29 is 9.90 Å². The molecule has 4 nitrogen and oxygen atoms in total. The summed E-state index contributed by atoms with van der Waals surface area (Å²) in [5.74, 6) is 0.449. The number of carbonyl (C=O) groups is 1. The molecular formula is C12H16N2O2. The fraction of sp³-hybridized carbons (Fsp3) is 0.583. The molecule has 4 heteroatoms. The average Bonchev–Trinajstić information content (AvgIpc) is 2.11. The Morgan fingerprint density at radius 1 is 1.50 bits per heavy atom. The van der Waals surface area contributed by atoms with E-state index >= 15 is 0 Å². The minimum Gasteiger partial charge on any atom is -0.481 e. The fourth-order valence-electron chi connectivity index (χ4n) is 1.90. The van der Waals surface area contributed by atoms with Crippen LogP contribution in [0.25, 0.3) is 0 Å². The van der Waals surface area contributed by atoms with Gasteiger partial charge in [0.2, 0.25) is 0 Å². The normalized spacial score (nSPS) is 15.8. The van der Waals surface area contributed by atoms with Gasteiger partial charge < -0.3 is 5.11 Å². The van der Waals surface area contributed by atoms with E-state index in [0.29, 0.717) is 18.2 Å². The molecule has 1 saturated carbocycles. The Morgan fingerprint density at radius 2 is 2.25 bits per heavy atom. The maximum atomic E-state index is 10.5. The molecule has 86 valence electrons. The van der Waals surface area contributed by atoms with Crippen LogP contribution in [0.5, 0.6) is 0 Å². The van der Waals surface area contributed by atoms with Crippen molar-refractivity contribution in [2.24, 2.45) is 0 Å². The topological polar surface area (TPSA) is 63.1 Å². The van der Waals surface area contributed by atoms with Crippen LogP contribution in [-0.2, 0) is 11.2 Å². The maximum absolute atomic E-state index is 10.5. The Bertz CT molecular complexity index is 400. The summed E-state index contributed by atoms with van der Waals surface area (Å²) in [6.45, 7) is 1.94. The molecule has 0 radical (unpaired) electrons. The van der Waals surface area contributed by atoms with Crippen molar-refractivity contribution >= 4 is 5.97 Å². The number of carboxylic acid groups (broad SMARTS) is 1. The summed E-state index contributed by atoms with van der Waals surface area (Å²) in [6.07, 6.45) is 4.21. The molecule has 1 aliphatic carbocycles. The summed E-state index contributed by atoms with van der Waals surface area (Å²) in [5, 5.41) is 8.62. The van der Waals surface area contributed by atoms with E-state index in [1.54, 1.807) is 0 Å². The van der Waals surface area contributed by atoms with E-state index in [2.05, 4.69) is 9.97 Å². The quantitative estimate of drug-likeness (QED) is 0.843. The third kappa shape index (κ3) is 2.56. The van der Waals surface area contributed by atoms with Gasteiger partial charge in [0.15, 0.2) is 0 Å². The van der Waals surface area contributed by atoms with Crippen LogP contribution in [0, 0.1) is 6.92 Å². The molecule has 0 spiro atoms. The largest absolute Gasteiger partial charge is 0.481 e. The van der Waals surface area contributed by atoms with Gasteiger partial charge in [-0.05, 0) is 25.8 Å². The summed E-state index contributed by atoms with van der Waals surface area (Å²) in [4.78, 5) is 19.2. The molecule has 1 aromatic heterocycles. The summed E-state index contributed by atoms with van der Waals surface area (Å²) in [6, 6.07) is 2.02. The molecule has 0 unspecified atom stereocenters. The van der Waals surface area contributed by atoms with Gasteiger partial charge in [0.1, 0.15) is 5.82 Å². The van der Waals surface area contributed by atoms with Crippen molar-refractivity contribution in [2.45, 2.75) is 44.9 Å².